The van der Waals surface area contributed by atoms with Crippen molar-refractivity contribution in [2.75, 3.05) is 13.2 Å². The summed E-state index contributed by atoms with van der Waals surface area (Å²) in [5.74, 6) is 0.0171. The van der Waals surface area contributed by atoms with E-state index in [1.54, 1.807) is 11.3 Å². The number of hydrogen-bond donors (Lipinski definition) is 1. The molecule has 4 nitrogen and oxygen atoms in total. The van der Waals surface area contributed by atoms with Crippen LogP contribution in [-0.2, 0) is 16.0 Å². The second-order valence-corrected chi connectivity index (χ2v) is 6.71. The fourth-order valence-corrected chi connectivity index (χ4v) is 3.48. The molecule has 1 aliphatic rings. The van der Waals surface area contributed by atoms with Gasteiger partial charge >= 0.3 is 0 Å². The van der Waals surface area contributed by atoms with Gasteiger partial charge in [0.15, 0.2) is 0 Å². The van der Waals surface area contributed by atoms with Gasteiger partial charge in [-0.05, 0) is 19.8 Å². The summed E-state index contributed by atoms with van der Waals surface area (Å²) in [6.45, 7) is 3.44. The third kappa shape index (κ3) is 3.72. The fourth-order valence-electron chi connectivity index (χ4n) is 2.54. The summed E-state index contributed by atoms with van der Waals surface area (Å²) in [6.07, 6.45) is 2.64. The lowest BCUT2D eigenvalue weighted by molar-refractivity contribution is -0.121. The smallest absolute Gasteiger partial charge is 0.226 e. The van der Waals surface area contributed by atoms with Gasteiger partial charge in [0.25, 0.3) is 0 Å². The first kappa shape index (κ1) is 15.2. The van der Waals surface area contributed by atoms with Crippen LogP contribution in [0.15, 0.2) is 30.3 Å². The van der Waals surface area contributed by atoms with E-state index >= 15 is 0 Å². The summed E-state index contributed by atoms with van der Waals surface area (Å²) >= 11 is 1.64. The number of aryl methyl sites for hydroxylation is 1. The van der Waals surface area contributed by atoms with E-state index < -0.39 is 0 Å². The summed E-state index contributed by atoms with van der Waals surface area (Å²) in [5, 5.41) is 3.92. The van der Waals surface area contributed by atoms with E-state index in [-0.39, 0.29) is 12.0 Å². The molecule has 0 aliphatic carbocycles. The highest BCUT2D eigenvalue weighted by atomic mass is 32.1. The SMILES string of the molecule is Cc1sc(-c2ccccc2)nc1CC(=O)NCC1CCCO1. The number of nitrogens with one attached hydrogen (secondary N) is 1. The second kappa shape index (κ2) is 7.03. The lowest BCUT2D eigenvalue weighted by atomic mass is 10.2. The zero-order chi connectivity index (χ0) is 15.4. The third-order valence-electron chi connectivity index (χ3n) is 3.79. The summed E-state index contributed by atoms with van der Waals surface area (Å²) < 4.78 is 5.51. The zero-order valence-corrected chi connectivity index (χ0v) is 13.5. The Morgan fingerprint density at radius 3 is 2.95 bits per heavy atom. The van der Waals surface area contributed by atoms with Crippen LogP contribution in [0.4, 0.5) is 0 Å². The van der Waals surface area contributed by atoms with Crippen LogP contribution < -0.4 is 5.32 Å². The quantitative estimate of drug-likeness (QED) is 0.922. The molecule has 1 aliphatic heterocycles. The standard InChI is InChI=1S/C17H20N2O2S/c1-12-15(10-16(20)18-11-14-8-5-9-21-14)19-17(22-12)13-6-3-2-4-7-13/h2-4,6-7,14H,5,8-11H2,1H3,(H,18,20). The maximum atomic E-state index is 12.1. The van der Waals surface area contributed by atoms with Crippen LogP contribution in [0.25, 0.3) is 10.6 Å². The Morgan fingerprint density at radius 2 is 2.23 bits per heavy atom. The Bertz CT molecular complexity index is 633. The van der Waals surface area contributed by atoms with Gasteiger partial charge in [-0.25, -0.2) is 4.98 Å². The van der Waals surface area contributed by atoms with Crippen molar-refractivity contribution in [1.29, 1.82) is 0 Å². The average molecular weight is 316 g/mol. The summed E-state index contributed by atoms with van der Waals surface area (Å²) in [4.78, 5) is 17.8. The van der Waals surface area contributed by atoms with Gasteiger partial charge in [-0.15, -0.1) is 11.3 Å². The second-order valence-electron chi connectivity index (χ2n) is 5.50. The van der Waals surface area contributed by atoms with E-state index in [2.05, 4.69) is 10.3 Å². The highest BCUT2D eigenvalue weighted by Gasteiger charge is 2.17. The minimum absolute atomic E-state index is 0.0171. The first-order valence-electron chi connectivity index (χ1n) is 7.62. The number of ether oxygens (including phenoxy) is 1. The molecular weight excluding hydrogens is 296 g/mol. The van der Waals surface area contributed by atoms with Crippen LogP contribution in [0, 0.1) is 6.92 Å². The maximum Gasteiger partial charge on any atom is 0.226 e. The number of benzene rings is 1. The summed E-state index contributed by atoms with van der Waals surface area (Å²) in [6, 6.07) is 10.1. The van der Waals surface area contributed by atoms with Crippen molar-refractivity contribution in [1.82, 2.24) is 10.3 Å². The Hall–Kier alpha value is -1.72. The molecule has 1 saturated heterocycles. The van der Waals surface area contributed by atoms with Crippen LogP contribution in [0.5, 0.6) is 0 Å². The maximum absolute atomic E-state index is 12.1. The average Bonchev–Trinajstić information content (AvgIpc) is 3.17. The monoisotopic (exact) mass is 316 g/mol. The number of rotatable bonds is 5. The van der Waals surface area contributed by atoms with E-state index in [0.717, 1.165) is 40.6 Å². The molecular formula is C17H20N2O2S. The topological polar surface area (TPSA) is 51.2 Å². The van der Waals surface area contributed by atoms with Gasteiger partial charge in [-0.2, -0.15) is 0 Å². The summed E-state index contributed by atoms with van der Waals surface area (Å²) in [7, 11) is 0. The number of nitrogens with zero attached hydrogens (tertiary/aromatic N) is 1. The lowest BCUT2D eigenvalue weighted by Crippen LogP contribution is -2.32. The molecule has 22 heavy (non-hydrogen) atoms. The molecule has 2 aromatic rings. The van der Waals surface area contributed by atoms with Crippen molar-refractivity contribution in [2.45, 2.75) is 32.3 Å². The third-order valence-corrected chi connectivity index (χ3v) is 4.85. The van der Waals surface area contributed by atoms with Gasteiger partial charge in [0.05, 0.1) is 18.2 Å². The van der Waals surface area contributed by atoms with E-state index in [9.17, 15) is 4.79 Å². The molecule has 1 fully saturated rings. The predicted octanol–water partition coefficient (Wildman–Crippen LogP) is 2.96. The van der Waals surface area contributed by atoms with Crippen molar-refractivity contribution in [2.24, 2.45) is 0 Å². The predicted molar refractivity (Wildman–Crippen MR) is 88.0 cm³/mol. The Labute approximate surface area is 134 Å². The van der Waals surface area contributed by atoms with Crippen molar-refractivity contribution < 1.29 is 9.53 Å². The van der Waals surface area contributed by atoms with Crippen molar-refractivity contribution in [3.8, 4) is 10.6 Å². The minimum Gasteiger partial charge on any atom is -0.376 e. The molecule has 1 N–H and O–H groups in total. The molecule has 1 unspecified atom stereocenters. The molecule has 3 rings (SSSR count). The van der Waals surface area contributed by atoms with Gasteiger partial charge < -0.3 is 10.1 Å². The van der Waals surface area contributed by atoms with E-state index in [1.165, 1.54) is 0 Å². The first-order chi connectivity index (χ1) is 10.7. The highest BCUT2D eigenvalue weighted by Crippen LogP contribution is 2.27. The molecule has 0 bridgehead atoms. The van der Waals surface area contributed by atoms with Gasteiger partial charge in [-0.3, -0.25) is 4.79 Å². The van der Waals surface area contributed by atoms with Crippen LogP contribution in [0.1, 0.15) is 23.4 Å². The molecule has 5 heteroatoms. The number of amides is 1. The molecule has 1 aromatic heterocycles. The molecule has 1 aromatic carbocycles. The highest BCUT2D eigenvalue weighted by molar-refractivity contribution is 7.15. The van der Waals surface area contributed by atoms with Gasteiger partial charge in [0, 0.05) is 23.6 Å². The van der Waals surface area contributed by atoms with E-state index in [1.807, 2.05) is 37.3 Å². The van der Waals surface area contributed by atoms with Crippen LogP contribution in [-0.4, -0.2) is 30.1 Å². The Morgan fingerprint density at radius 1 is 1.41 bits per heavy atom. The Kier molecular flexibility index (Phi) is 4.85. The number of hydrogen-bond acceptors (Lipinski definition) is 4. The van der Waals surface area contributed by atoms with Crippen molar-refractivity contribution >= 4 is 17.2 Å². The molecule has 0 saturated carbocycles. The number of aromatic nitrogens is 1. The van der Waals surface area contributed by atoms with Crippen LogP contribution in [0.2, 0.25) is 0 Å². The van der Waals surface area contributed by atoms with Gasteiger partial charge in [-0.1, -0.05) is 30.3 Å². The van der Waals surface area contributed by atoms with E-state index in [0.29, 0.717) is 13.0 Å². The number of carbonyl (C=O) groups is 1. The van der Waals surface area contributed by atoms with Crippen LogP contribution >= 0.6 is 11.3 Å². The van der Waals surface area contributed by atoms with Crippen molar-refractivity contribution in [3.05, 3.63) is 40.9 Å². The minimum atomic E-state index is 0.0171. The zero-order valence-electron chi connectivity index (χ0n) is 12.7. The summed E-state index contributed by atoms with van der Waals surface area (Å²) in [5.41, 5.74) is 1.97. The normalized spacial score (nSPS) is 17.6. The number of carbonyl (C=O) groups excluding carboxylic acids is 1. The molecule has 0 radical (unpaired) electrons. The van der Waals surface area contributed by atoms with Gasteiger partial charge in [0.2, 0.25) is 5.91 Å². The van der Waals surface area contributed by atoms with Crippen LogP contribution in [0.3, 0.4) is 0 Å². The largest absolute Gasteiger partial charge is 0.376 e. The number of thiazole rings is 1. The van der Waals surface area contributed by atoms with Crippen molar-refractivity contribution in [3.63, 3.8) is 0 Å². The molecule has 116 valence electrons. The molecule has 0 spiro atoms. The fraction of sp³-hybridized carbons (Fsp3) is 0.412. The molecule has 1 amide bonds. The molecule has 2 heterocycles. The Balaban J connectivity index is 1.60. The first-order valence-corrected chi connectivity index (χ1v) is 8.44. The molecule has 1 atom stereocenters. The van der Waals surface area contributed by atoms with E-state index in [4.69, 9.17) is 4.74 Å². The van der Waals surface area contributed by atoms with Gasteiger partial charge in [0.1, 0.15) is 5.01 Å². The lowest BCUT2D eigenvalue weighted by Gasteiger charge is -2.10.